The normalized spacial score (nSPS) is 22.6. The minimum atomic E-state index is -1.39. The van der Waals surface area contributed by atoms with Gasteiger partial charge in [0, 0.05) is 0 Å². The number of rotatable bonds is 13. The van der Waals surface area contributed by atoms with E-state index >= 15 is 0 Å². The molecule has 0 aliphatic carbocycles. The van der Waals surface area contributed by atoms with Crippen molar-refractivity contribution in [1.82, 2.24) is 5.32 Å². The number of nitrogens with one attached hydrogen (secondary N) is 2. The molecule has 2 aromatic carbocycles. The highest BCUT2D eigenvalue weighted by Gasteiger charge is 2.44. The van der Waals surface area contributed by atoms with Crippen molar-refractivity contribution in [2.24, 2.45) is 11.8 Å². The van der Waals surface area contributed by atoms with E-state index in [0.29, 0.717) is 25.7 Å². The molecule has 0 bridgehead atoms. The highest BCUT2D eigenvalue weighted by molar-refractivity contribution is 6.01. The van der Waals surface area contributed by atoms with Crippen molar-refractivity contribution in [2.45, 2.75) is 91.3 Å². The molecule has 3 rings (SSSR count). The molecule has 238 valence electrons. The highest BCUT2D eigenvalue weighted by atomic mass is 16.6. The first-order valence-corrected chi connectivity index (χ1v) is 15.0. The fraction of sp³-hybridized carbons (Fsp3) is 0.485. The number of carbonyl (C=O) groups excluding carboxylic acids is 5. The minimum Gasteiger partial charge on any atom is -0.486 e. The summed E-state index contributed by atoms with van der Waals surface area (Å²) in [6.45, 7) is 8.67. The number of para-hydroxylation sites is 1. The molecule has 1 aliphatic rings. The summed E-state index contributed by atoms with van der Waals surface area (Å²) in [7, 11) is 0. The Morgan fingerprint density at radius 1 is 0.977 bits per heavy atom. The molecule has 0 radical (unpaired) electrons. The van der Waals surface area contributed by atoms with Crippen molar-refractivity contribution in [2.75, 3.05) is 5.32 Å². The number of hydrogen-bond donors (Lipinski definition) is 2. The fourth-order valence-electron chi connectivity index (χ4n) is 4.79. The van der Waals surface area contributed by atoms with Crippen molar-refractivity contribution in [3.63, 3.8) is 0 Å². The third kappa shape index (κ3) is 8.81. The number of ether oxygens (including phenoxy) is 4. The van der Waals surface area contributed by atoms with Gasteiger partial charge in [0.25, 0.3) is 5.91 Å². The first-order chi connectivity index (χ1) is 21.1. The Morgan fingerprint density at radius 3 is 2.34 bits per heavy atom. The minimum absolute atomic E-state index is 0.0354. The van der Waals surface area contributed by atoms with Crippen LogP contribution in [0.2, 0.25) is 0 Å². The van der Waals surface area contributed by atoms with Gasteiger partial charge in [0.05, 0.1) is 23.1 Å². The summed E-state index contributed by atoms with van der Waals surface area (Å²) >= 11 is 0. The molecule has 2 amide bonds. The highest BCUT2D eigenvalue weighted by Crippen LogP contribution is 2.31. The number of amides is 2. The molecule has 0 aromatic heterocycles. The molecule has 11 nitrogen and oxygen atoms in total. The van der Waals surface area contributed by atoms with Crippen LogP contribution >= 0.6 is 0 Å². The zero-order chi connectivity index (χ0) is 32.2. The second-order valence-corrected chi connectivity index (χ2v) is 10.9. The summed E-state index contributed by atoms with van der Waals surface area (Å²) in [5, 5.41) is 5.16. The van der Waals surface area contributed by atoms with Crippen molar-refractivity contribution in [3.05, 3.63) is 59.7 Å². The smallest absolute Gasteiger partial charge is 0.332 e. The number of benzene rings is 2. The molecule has 1 aliphatic heterocycles. The van der Waals surface area contributed by atoms with Gasteiger partial charge in [0.1, 0.15) is 18.8 Å². The maximum absolute atomic E-state index is 13.6. The van der Waals surface area contributed by atoms with Crippen LogP contribution in [0.3, 0.4) is 0 Å². The number of cyclic esters (lactones) is 2. The van der Waals surface area contributed by atoms with Gasteiger partial charge in [0.15, 0.2) is 17.9 Å². The van der Waals surface area contributed by atoms with Crippen LogP contribution in [0.4, 0.5) is 5.69 Å². The predicted octanol–water partition coefficient (Wildman–Crippen LogP) is 4.57. The van der Waals surface area contributed by atoms with E-state index in [0.717, 1.165) is 12.0 Å². The molecular weight excluding hydrogens is 568 g/mol. The zero-order valence-corrected chi connectivity index (χ0v) is 25.9. The van der Waals surface area contributed by atoms with Crippen LogP contribution in [0.15, 0.2) is 48.5 Å². The molecule has 44 heavy (non-hydrogen) atoms. The summed E-state index contributed by atoms with van der Waals surface area (Å²) < 4.78 is 23.2. The maximum Gasteiger partial charge on any atom is 0.332 e. The Balaban J connectivity index is 1.90. The van der Waals surface area contributed by atoms with Crippen molar-refractivity contribution < 1.29 is 42.9 Å². The molecular formula is C33H42N2O9. The van der Waals surface area contributed by atoms with E-state index in [1.807, 2.05) is 44.2 Å². The molecule has 1 fully saturated rings. The lowest BCUT2D eigenvalue weighted by Crippen LogP contribution is -2.50. The van der Waals surface area contributed by atoms with Crippen LogP contribution in [-0.2, 0) is 40.0 Å². The van der Waals surface area contributed by atoms with Gasteiger partial charge in [-0.25, -0.2) is 4.79 Å². The number of esters is 3. The number of hydrogen-bond acceptors (Lipinski definition) is 9. The molecule has 0 spiro atoms. The SMILES string of the molecule is CCCC[C@H]1C(=O)O[C@H](C)[C@H](NC(=O)c2cccc(NC=O)c2OCc2ccccc2)C(=O)O[C@@H](C)[C@@H]1OC(=O)[C@@H](C)CC. The third-order valence-electron chi connectivity index (χ3n) is 7.61. The van der Waals surface area contributed by atoms with Crippen LogP contribution in [0.1, 0.15) is 76.2 Å². The zero-order valence-electron chi connectivity index (χ0n) is 25.9. The Kier molecular flexibility index (Phi) is 12.7. The predicted molar refractivity (Wildman–Crippen MR) is 162 cm³/mol. The number of unbranched alkanes of at least 4 members (excludes halogenated alkanes) is 1. The maximum atomic E-state index is 13.6. The second-order valence-electron chi connectivity index (χ2n) is 10.9. The molecule has 1 heterocycles. The molecule has 11 heteroatoms. The fourth-order valence-corrected chi connectivity index (χ4v) is 4.79. The van der Waals surface area contributed by atoms with Gasteiger partial charge < -0.3 is 29.6 Å². The average molecular weight is 611 g/mol. The largest absolute Gasteiger partial charge is 0.486 e. The molecule has 1 saturated heterocycles. The van der Waals surface area contributed by atoms with E-state index in [2.05, 4.69) is 10.6 Å². The van der Waals surface area contributed by atoms with Crippen molar-refractivity contribution in [3.8, 4) is 5.75 Å². The Bertz CT molecular complexity index is 1300. The summed E-state index contributed by atoms with van der Waals surface area (Å²) in [6.07, 6.45) is -0.388. The second kappa shape index (κ2) is 16.4. The van der Waals surface area contributed by atoms with Crippen molar-refractivity contribution >= 4 is 35.9 Å². The summed E-state index contributed by atoms with van der Waals surface area (Å²) in [5.41, 5.74) is 1.11. The topological polar surface area (TPSA) is 146 Å². The van der Waals surface area contributed by atoms with Gasteiger partial charge in [-0.05, 0) is 44.4 Å². The summed E-state index contributed by atoms with van der Waals surface area (Å²) in [4.78, 5) is 64.6. The molecule has 2 N–H and O–H groups in total. The summed E-state index contributed by atoms with van der Waals surface area (Å²) in [6, 6.07) is 12.5. The quantitative estimate of drug-likeness (QED) is 0.189. The van der Waals surface area contributed by atoms with Crippen LogP contribution in [-0.4, -0.2) is 54.6 Å². The van der Waals surface area contributed by atoms with E-state index in [1.54, 1.807) is 26.0 Å². The summed E-state index contributed by atoms with van der Waals surface area (Å²) in [5.74, 6) is -3.93. The van der Waals surface area contributed by atoms with Gasteiger partial charge in [-0.15, -0.1) is 0 Å². The lowest BCUT2D eigenvalue weighted by molar-refractivity contribution is -0.177. The van der Waals surface area contributed by atoms with Gasteiger partial charge in [-0.1, -0.05) is 70.0 Å². The van der Waals surface area contributed by atoms with E-state index in [1.165, 1.54) is 13.0 Å². The van der Waals surface area contributed by atoms with E-state index in [4.69, 9.17) is 18.9 Å². The van der Waals surface area contributed by atoms with Crippen LogP contribution in [0, 0.1) is 11.8 Å². The lowest BCUT2D eigenvalue weighted by atomic mass is 9.92. The van der Waals surface area contributed by atoms with Gasteiger partial charge in [-0.2, -0.15) is 0 Å². The van der Waals surface area contributed by atoms with E-state index < -0.39 is 60.0 Å². The van der Waals surface area contributed by atoms with Gasteiger partial charge in [0.2, 0.25) is 6.41 Å². The third-order valence-corrected chi connectivity index (χ3v) is 7.61. The Labute approximate surface area is 258 Å². The molecule has 0 unspecified atom stereocenters. The van der Waals surface area contributed by atoms with Crippen molar-refractivity contribution in [1.29, 1.82) is 0 Å². The number of anilines is 1. The van der Waals surface area contributed by atoms with E-state index in [-0.39, 0.29) is 23.6 Å². The Hall–Kier alpha value is -4.41. The molecule has 0 saturated carbocycles. The van der Waals surface area contributed by atoms with Crippen LogP contribution in [0.25, 0.3) is 0 Å². The monoisotopic (exact) mass is 610 g/mol. The standard InChI is InChI=1S/C33H42N2O9/c1-6-8-15-25-28(44-31(38)20(3)7-2)22(5)43-33(40)27(21(4)42-32(25)39)35-30(37)24-16-12-17-26(34-19-36)29(24)41-18-23-13-10-9-11-14-23/h9-14,16-17,19-22,25,27-28H,6-8,15,18H2,1-5H3,(H,34,36)(H,35,37)/t20-,21+,22-,25+,27-,28-/m0/s1. The molecule has 2 aromatic rings. The lowest BCUT2D eigenvalue weighted by Gasteiger charge is -2.30. The van der Waals surface area contributed by atoms with E-state index in [9.17, 15) is 24.0 Å². The molecule has 6 atom stereocenters. The average Bonchev–Trinajstić information content (AvgIpc) is 3.04. The number of carbonyl (C=O) groups is 5. The first-order valence-electron chi connectivity index (χ1n) is 15.0. The van der Waals surface area contributed by atoms with Crippen LogP contribution < -0.4 is 15.4 Å². The van der Waals surface area contributed by atoms with Crippen LogP contribution in [0.5, 0.6) is 5.75 Å². The first kappa shape index (κ1) is 34.1. The Morgan fingerprint density at radius 2 is 1.68 bits per heavy atom. The van der Waals surface area contributed by atoms with Gasteiger partial charge >= 0.3 is 17.9 Å². The van der Waals surface area contributed by atoms with Gasteiger partial charge in [-0.3, -0.25) is 19.2 Å².